The van der Waals surface area contributed by atoms with Crippen LogP contribution in [0.25, 0.3) is 0 Å². The first kappa shape index (κ1) is 14.4. The zero-order valence-electron chi connectivity index (χ0n) is 12.8. The fourth-order valence-corrected chi connectivity index (χ4v) is 6.90. The van der Waals surface area contributed by atoms with Crippen molar-refractivity contribution in [1.82, 2.24) is 0 Å². The summed E-state index contributed by atoms with van der Waals surface area (Å²) in [5.74, 6) is 3.21. The van der Waals surface area contributed by atoms with Gasteiger partial charge in [0.15, 0.2) is 5.78 Å². The van der Waals surface area contributed by atoms with Crippen molar-refractivity contribution in [3.63, 3.8) is 0 Å². The van der Waals surface area contributed by atoms with Crippen LogP contribution < -0.4 is 0 Å². The van der Waals surface area contributed by atoms with Gasteiger partial charge in [0.05, 0.1) is 10.6 Å². The van der Waals surface area contributed by atoms with Gasteiger partial charge in [0.25, 0.3) is 0 Å². The number of hydrogen-bond acceptors (Lipinski definition) is 2. The van der Waals surface area contributed by atoms with Crippen molar-refractivity contribution in [2.75, 3.05) is 0 Å². The molecule has 0 unspecified atom stereocenters. The van der Waals surface area contributed by atoms with Crippen molar-refractivity contribution < 1.29 is 9.90 Å². The monoisotopic (exact) mass is 352 g/mol. The molecule has 3 fully saturated rings. The maximum Gasteiger partial charge on any atom is 0.169 e. The summed E-state index contributed by atoms with van der Waals surface area (Å²) in [6.45, 7) is 2.33. The molecule has 1 N–H and O–H groups in total. The van der Waals surface area contributed by atoms with E-state index in [2.05, 4.69) is 22.9 Å². The van der Waals surface area contributed by atoms with Gasteiger partial charge in [-0.3, -0.25) is 4.79 Å². The molecule has 0 aromatic carbocycles. The van der Waals surface area contributed by atoms with Crippen LogP contribution in [0.3, 0.4) is 0 Å². The highest BCUT2D eigenvalue weighted by atomic mass is 79.9. The Labute approximate surface area is 135 Å². The number of hydrogen-bond donors (Lipinski definition) is 1. The Hall–Kier alpha value is -0.150. The number of ketones is 1. The standard InChI is InChI=1S/C18H25BrO2/c1-18-9-8-11-10-4-6-15(20)17(19)13(10)3-2-12(11)14(18)5-7-16(18)21/h10-12,14,16,21H,2-9H2,1H3/t10-,11+,12-,14+,16-,18-/m0/s1. The van der Waals surface area contributed by atoms with Crippen molar-refractivity contribution in [3.05, 3.63) is 10.1 Å². The highest BCUT2D eigenvalue weighted by molar-refractivity contribution is 9.12. The SMILES string of the molecule is C[C@]12CC[C@H]3[C@H](CCC4=C(Br)C(=O)CC[C@H]43)[C@H]1CC[C@@H]2O. The van der Waals surface area contributed by atoms with E-state index in [-0.39, 0.29) is 11.5 Å². The molecule has 4 rings (SSSR count). The maximum absolute atomic E-state index is 11.9. The third-order valence-corrected chi connectivity index (χ3v) is 8.31. The first-order chi connectivity index (χ1) is 10.0. The average molecular weight is 353 g/mol. The van der Waals surface area contributed by atoms with Crippen molar-refractivity contribution in [2.24, 2.45) is 29.1 Å². The van der Waals surface area contributed by atoms with E-state index in [0.717, 1.165) is 42.0 Å². The largest absolute Gasteiger partial charge is 0.393 e. The molecule has 6 atom stereocenters. The Bertz CT molecular complexity index is 511. The minimum absolute atomic E-state index is 0.0833. The Kier molecular flexibility index (Phi) is 3.39. The molecule has 0 heterocycles. The molecule has 116 valence electrons. The smallest absolute Gasteiger partial charge is 0.169 e. The summed E-state index contributed by atoms with van der Waals surface area (Å²) < 4.78 is 0.914. The quantitative estimate of drug-likeness (QED) is 0.708. The summed E-state index contributed by atoms with van der Waals surface area (Å²) >= 11 is 3.58. The van der Waals surface area contributed by atoms with Crippen molar-refractivity contribution in [3.8, 4) is 0 Å². The number of halogens is 1. The van der Waals surface area contributed by atoms with E-state index < -0.39 is 0 Å². The summed E-state index contributed by atoms with van der Waals surface area (Å²) in [6, 6.07) is 0. The van der Waals surface area contributed by atoms with Crippen molar-refractivity contribution in [1.29, 1.82) is 0 Å². The Morgan fingerprint density at radius 1 is 1.10 bits per heavy atom. The summed E-state index contributed by atoms with van der Waals surface area (Å²) in [7, 11) is 0. The van der Waals surface area contributed by atoms with Gasteiger partial charge < -0.3 is 5.11 Å². The third kappa shape index (κ3) is 1.96. The molecule has 0 aliphatic heterocycles. The van der Waals surface area contributed by atoms with Gasteiger partial charge in [0, 0.05) is 6.42 Å². The predicted octanol–water partition coefficient (Wildman–Crippen LogP) is 4.21. The van der Waals surface area contributed by atoms with Crippen LogP contribution in [-0.2, 0) is 4.79 Å². The minimum atomic E-state index is -0.0833. The topological polar surface area (TPSA) is 37.3 Å². The van der Waals surface area contributed by atoms with Crippen LogP contribution in [0.15, 0.2) is 10.1 Å². The predicted molar refractivity (Wildman–Crippen MR) is 86.0 cm³/mol. The maximum atomic E-state index is 11.9. The summed E-state index contributed by atoms with van der Waals surface area (Å²) in [4.78, 5) is 11.9. The number of allylic oxidation sites excluding steroid dienone is 1. The lowest BCUT2D eigenvalue weighted by Gasteiger charge is -2.53. The van der Waals surface area contributed by atoms with Gasteiger partial charge in [0.2, 0.25) is 0 Å². The molecule has 3 saturated carbocycles. The molecule has 21 heavy (non-hydrogen) atoms. The van der Waals surface area contributed by atoms with E-state index in [0.29, 0.717) is 17.6 Å². The van der Waals surface area contributed by atoms with Crippen LogP contribution in [0.4, 0.5) is 0 Å². The molecule has 0 aromatic rings. The van der Waals surface area contributed by atoms with Gasteiger partial charge in [-0.05, 0) is 95.5 Å². The molecule has 0 aromatic heterocycles. The third-order valence-electron chi connectivity index (χ3n) is 7.36. The molecule has 0 saturated heterocycles. The lowest BCUT2D eigenvalue weighted by atomic mass is 9.52. The normalized spacial score (nSPS) is 49.7. The zero-order valence-corrected chi connectivity index (χ0v) is 14.4. The number of aliphatic hydroxyl groups is 1. The van der Waals surface area contributed by atoms with Gasteiger partial charge >= 0.3 is 0 Å². The molecule has 0 radical (unpaired) electrons. The number of Topliss-reactive ketones (excluding diaryl/α,β-unsaturated/α-hetero) is 1. The molecule has 3 heteroatoms. The van der Waals surface area contributed by atoms with Gasteiger partial charge in [-0.1, -0.05) is 6.92 Å². The second-order valence-corrected chi connectivity index (χ2v) is 8.81. The first-order valence-corrected chi connectivity index (χ1v) is 9.41. The lowest BCUT2D eigenvalue weighted by molar-refractivity contribution is -0.116. The van der Waals surface area contributed by atoms with Crippen molar-refractivity contribution in [2.45, 2.75) is 64.4 Å². The molecule has 2 nitrogen and oxygen atoms in total. The van der Waals surface area contributed by atoms with Crippen molar-refractivity contribution >= 4 is 21.7 Å². The molecule has 4 aliphatic rings. The molecule has 0 spiro atoms. The molecule has 0 bridgehead atoms. The van der Waals surface area contributed by atoms with E-state index in [1.165, 1.54) is 31.3 Å². The molecule has 4 aliphatic carbocycles. The summed E-state index contributed by atoms with van der Waals surface area (Å²) in [5, 5.41) is 10.4. The average Bonchev–Trinajstić information content (AvgIpc) is 2.78. The highest BCUT2D eigenvalue weighted by Gasteiger charge is 2.56. The Morgan fingerprint density at radius 2 is 1.90 bits per heavy atom. The van der Waals surface area contributed by atoms with E-state index in [9.17, 15) is 9.90 Å². The molecular formula is C18H25BrO2. The van der Waals surface area contributed by atoms with Crippen LogP contribution in [0.1, 0.15) is 58.3 Å². The van der Waals surface area contributed by atoms with Crippen LogP contribution in [0.5, 0.6) is 0 Å². The van der Waals surface area contributed by atoms with E-state index in [4.69, 9.17) is 0 Å². The molecule has 0 amide bonds. The minimum Gasteiger partial charge on any atom is -0.393 e. The fraction of sp³-hybridized carbons (Fsp3) is 0.833. The van der Waals surface area contributed by atoms with Gasteiger partial charge in [-0.25, -0.2) is 0 Å². The van der Waals surface area contributed by atoms with E-state index in [1.54, 1.807) is 0 Å². The highest BCUT2D eigenvalue weighted by Crippen LogP contribution is 2.62. The van der Waals surface area contributed by atoms with Gasteiger partial charge in [-0.2, -0.15) is 0 Å². The van der Waals surface area contributed by atoms with Crippen LogP contribution in [0, 0.1) is 29.1 Å². The number of carbonyl (C=O) groups excluding carboxylic acids is 1. The van der Waals surface area contributed by atoms with Crippen LogP contribution >= 0.6 is 15.9 Å². The number of carbonyl (C=O) groups is 1. The second-order valence-electron chi connectivity index (χ2n) is 8.02. The number of aliphatic hydroxyl groups excluding tert-OH is 1. The Balaban J connectivity index is 1.66. The lowest BCUT2D eigenvalue weighted by Crippen LogP contribution is -2.47. The summed E-state index contributed by atoms with van der Waals surface area (Å²) in [5.41, 5.74) is 1.60. The number of rotatable bonds is 0. The Morgan fingerprint density at radius 3 is 2.71 bits per heavy atom. The number of fused-ring (bicyclic) bond motifs is 5. The van der Waals surface area contributed by atoms with Crippen LogP contribution in [0.2, 0.25) is 0 Å². The second kappa shape index (κ2) is 4.92. The summed E-state index contributed by atoms with van der Waals surface area (Å²) in [6.07, 6.45) is 8.67. The molecular weight excluding hydrogens is 328 g/mol. The van der Waals surface area contributed by atoms with E-state index in [1.807, 2.05) is 0 Å². The van der Waals surface area contributed by atoms with Gasteiger partial charge in [0.1, 0.15) is 0 Å². The fourth-order valence-electron chi connectivity index (χ4n) is 6.21. The van der Waals surface area contributed by atoms with Gasteiger partial charge in [-0.15, -0.1) is 0 Å². The van der Waals surface area contributed by atoms with E-state index >= 15 is 0 Å². The zero-order chi connectivity index (χ0) is 14.8. The first-order valence-electron chi connectivity index (χ1n) is 8.62. The van der Waals surface area contributed by atoms with Crippen LogP contribution in [-0.4, -0.2) is 17.0 Å².